The molecule has 2 N–H and O–H groups in total. The first kappa shape index (κ1) is 13.6. The summed E-state index contributed by atoms with van der Waals surface area (Å²) < 4.78 is 5.20. The van der Waals surface area contributed by atoms with Crippen LogP contribution in [0.3, 0.4) is 0 Å². The molecule has 7 nitrogen and oxygen atoms in total. The highest BCUT2D eigenvalue weighted by atomic mass is 16.6. The number of nitrogens with zero attached hydrogens (tertiary/aromatic N) is 1. The first-order valence-corrected chi connectivity index (χ1v) is 5.80. The van der Waals surface area contributed by atoms with E-state index in [1.54, 1.807) is 19.1 Å². The number of nitro benzene ring substituents is 1. The predicted octanol–water partition coefficient (Wildman–Crippen LogP) is 3.06. The number of carboxylic acids is 1. The molecular weight excluding hydrogens is 264 g/mol. The van der Waals surface area contributed by atoms with Crippen molar-refractivity contribution in [2.75, 3.05) is 5.32 Å². The van der Waals surface area contributed by atoms with E-state index in [0.29, 0.717) is 5.76 Å². The molecule has 0 spiro atoms. The number of aromatic carboxylic acids is 1. The van der Waals surface area contributed by atoms with Crippen LogP contribution in [0.25, 0.3) is 0 Å². The summed E-state index contributed by atoms with van der Waals surface area (Å²) >= 11 is 0. The Morgan fingerprint density at radius 3 is 2.75 bits per heavy atom. The lowest BCUT2D eigenvalue weighted by atomic mass is 10.1. The van der Waals surface area contributed by atoms with Gasteiger partial charge in [-0.1, -0.05) is 0 Å². The molecule has 0 saturated carbocycles. The van der Waals surface area contributed by atoms with Crippen LogP contribution in [-0.2, 0) is 0 Å². The zero-order chi connectivity index (χ0) is 14.7. The number of nitrogens with one attached hydrogen (secondary N) is 1. The molecule has 20 heavy (non-hydrogen) atoms. The largest absolute Gasteiger partial charge is 0.478 e. The quantitative estimate of drug-likeness (QED) is 0.642. The zero-order valence-electron chi connectivity index (χ0n) is 10.6. The maximum Gasteiger partial charge on any atom is 0.335 e. The zero-order valence-corrected chi connectivity index (χ0v) is 10.6. The minimum Gasteiger partial charge on any atom is -0.478 e. The van der Waals surface area contributed by atoms with Gasteiger partial charge >= 0.3 is 5.97 Å². The molecule has 2 aromatic rings. The fraction of sp³-hybridized carbons (Fsp3) is 0.154. The fourth-order valence-electron chi connectivity index (χ4n) is 1.78. The molecule has 0 radical (unpaired) electrons. The molecule has 0 fully saturated rings. The SMILES string of the molecule is CC(Nc1ccc(C(=O)O)cc1[N+](=O)[O-])c1ccco1. The van der Waals surface area contributed by atoms with Crippen molar-refractivity contribution in [3.8, 4) is 0 Å². The topological polar surface area (TPSA) is 106 Å². The van der Waals surface area contributed by atoms with Crippen LogP contribution >= 0.6 is 0 Å². The summed E-state index contributed by atoms with van der Waals surface area (Å²) in [6.45, 7) is 1.79. The number of furan rings is 1. The molecule has 0 amide bonds. The standard InChI is InChI=1S/C13H12N2O5/c1-8(12-3-2-6-20-12)14-10-5-4-9(13(16)17)7-11(10)15(18)19/h2-8,14H,1H3,(H,16,17). The van der Waals surface area contributed by atoms with E-state index in [9.17, 15) is 14.9 Å². The van der Waals surface area contributed by atoms with Crippen LogP contribution in [-0.4, -0.2) is 16.0 Å². The normalized spacial score (nSPS) is 11.8. The van der Waals surface area contributed by atoms with Gasteiger partial charge in [-0.15, -0.1) is 0 Å². The number of rotatable bonds is 5. The van der Waals surface area contributed by atoms with Gasteiger partial charge in [0.2, 0.25) is 0 Å². The Bertz CT molecular complexity index is 636. The van der Waals surface area contributed by atoms with E-state index in [0.717, 1.165) is 6.07 Å². The van der Waals surface area contributed by atoms with E-state index in [4.69, 9.17) is 9.52 Å². The number of hydrogen-bond acceptors (Lipinski definition) is 5. The molecular formula is C13H12N2O5. The third kappa shape index (κ3) is 2.77. The lowest BCUT2D eigenvalue weighted by Gasteiger charge is -2.13. The van der Waals surface area contributed by atoms with E-state index in [1.165, 1.54) is 18.4 Å². The number of nitro groups is 1. The molecule has 104 valence electrons. The number of anilines is 1. The smallest absolute Gasteiger partial charge is 0.335 e. The third-order valence-corrected chi connectivity index (χ3v) is 2.78. The number of hydrogen-bond donors (Lipinski definition) is 2. The molecule has 2 rings (SSSR count). The highest BCUT2D eigenvalue weighted by Crippen LogP contribution is 2.29. The van der Waals surface area contributed by atoms with Crippen LogP contribution in [0.2, 0.25) is 0 Å². The van der Waals surface area contributed by atoms with E-state index >= 15 is 0 Å². The summed E-state index contributed by atoms with van der Waals surface area (Å²) in [6.07, 6.45) is 1.51. The summed E-state index contributed by atoms with van der Waals surface area (Å²) in [5.74, 6) is -0.583. The maximum absolute atomic E-state index is 11.0. The van der Waals surface area contributed by atoms with Crippen molar-refractivity contribution < 1.29 is 19.2 Å². The summed E-state index contributed by atoms with van der Waals surface area (Å²) in [5, 5.41) is 22.8. The Morgan fingerprint density at radius 1 is 1.45 bits per heavy atom. The molecule has 0 bridgehead atoms. The van der Waals surface area contributed by atoms with Gasteiger partial charge in [0.25, 0.3) is 5.69 Å². The number of carboxylic acid groups (broad SMARTS) is 1. The first-order valence-electron chi connectivity index (χ1n) is 5.80. The average Bonchev–Trinajstić information content (AvgIpc) is 2.92. The molecule has 0 aliphatic rings. The Hall–Kier alpha value is -2.83. The van der Waals surface area contributed by atoms with E-state index in [2.05, 4.69) is 5.32 Å². The summed E-state index contributed by atoms with van der Waals surface area (Å²) in [6, 6.07) is 6.90. The Labute approximate surface area is 114 Å². The van der Waals surface area contributed by atoms with Gasteiger partial charge in [-0.3, -0.25) is 10.1 Å². The lowest BCUT2D eigenvalue weighted by Crippen LogP contribution is -2.08. The Morgan fingerprint density at radius 2 is 2.20 bits per heavy atom. The van der Waals surface area contributed by atoms with Crippen LogP contribution in [0.4, 0.5) is 11.4 Å². The number of carbonyl (C=O) groups is 1. The van der Waals surface area contributed by atoms with Gasteiger partial charge in [-0.25, -0.2) is 4.79 Å². The van der Waals surface area contributed by atoms with Gasteiger partial charge in [0.15, 0.2) is 0 Å². The van der Waals surface area contributed by atoms with Gasteiger partial charge in [0, 0.05) is 6.07 Å². The van der Waals surface area contributed by atoms with Crippen molar-refractivity contribution in [2.24, 2.45) is 0 Å². The molecule has 0 aliphatic heterocycles. The minimum atomic E-state index is -1.21. The average molecular weight is 276 g/mol. The molecule has 1 aromatic heterocycles. The molecule has 1 heterocycles. The maximum atomic E-state index is 11.0. The van der Waals surface area contributed by atoms with Gasteiger partial charge in [0.05, 0.1) is 22.8 Å². The second-order valence-corrected chi connectivity index (χ2v) is 4.18. The van der Waals surface area contributed by atoms with Crippen LogP contribution < -0.4 is 5.32 Å². The predicted molar refractivity (Wildman–Crippen MR) is 70.8 cm³/mol. The highest BCUT2D eigenvalue weighted by molar-refractivity contribution is 5.89. The van der Waals surface area contributed by atoms with Crippen LogP contribution in [0, 0.1) is 10.1 Å². The highest BCUT2D eigenvalue weighted by Gasteiger charge is 2.19. The van der Waals surface area contributed by atoms with Gasteiger partial charge < -0.3 is 14.8 Å². The van der Waals surface area contributed by atoms with Crippen molar-refractivity contribution in [3.63, 3.8) is 0 Å². The Balaban J connectivity index is 2.31. The van der Waals surface area contributed by atoms with Crippen LogP contribution in [0.1, 0.15) is 29.1 Å². The van der Waals surface area contributed by atoms with E-state index < -0.39 is 10.9 Å². The van der Waals surface area contributed by atoms with Gasteiger partial charge in [0.1, 0.15) is 11.4 Å². The Kier molecular flexibility index (Phi) is 3.69. The molecule has 1 atom stereocenters. The summed E-state index contributed by atoms with van der Waals surface area (Å²) in [7, 11) is 0. The van der Waals surface area contributed by atoms with Crippen molar-refractivity contribution in [1.82, 2.24) is 0 Å². The van der Waals surface area contributed by atoms with Crippen molar-refractivity contribution in [1.29, 1.82) is 0 Å². The summed E-state index contributed by atoms with van der Waals surface area (Å²) in [5.41, 5.74) is -0.180. The van der Waals surface area contributed by atoms with Gasteiger partial charge in [-0.2, -0.15) is 0 Å². The van der Waals surface area contributed by atoms with Crippen LogP contribution in [0.5, 0.6) is 0 Å². The van der Waals surface area contributed by atoms with Crippen molar-refractivity contribution in [2.45, 2.75) is 13.0 Å². The molecule has 1 aromatic carbocycles. The second kappa shape index (κ2) is 5.43. The summed E-state index contributed by atoms with van der Waals surface area (Å²) in [4.78, 5) is 21.2. The van der Waals surface area contributed by atoms with Gasteiger partial charge in [-0.05, 0) is 31.2 Å². The third-order valence-electron chi connectivity index (χ3n) is 2.78. The molecule has 7 heteroatoms. The molecule has 0 aliphatic carbocycles. The number of benzene rings is 1. The van der Waals surface area contributed by atoms with E-state index in [-0.39, 0.29) is 23.0 Å². The van der Waals surface area contributed by atoms with Crippen molar-refractivity contribution in [3.05, 3.63) is 58.0 Å². The molecule has 0 saturated heterocycles. The fourth-order valence-corrected chi connectivity index (χ4v) is 1.78. The minimum absolute atomic E-state index is 0.132. The first-order chi connectivity index (χ1) is 9.49. The van der Waals surface area contributed by atoms with E-state index in [1.807, 2.05) is 0 Å². The second-order valence-electron chi connectivity index (χ2n) is 4.18. The van der Waals surface area contributed by atoms with Crippen LogP contribution in [0.15, 0.2) is 41.0 Å². The molecule has 1 unspecified atom stereocenters. The monoisotopic (exact) mass is 276 g/mol. The lowest BCUT2D eigenvalue weighted by molar-refractivity contribution is -0.384. The van der Waals surface area contributed by atoms with Crippen molar-refractivity contribution >= 4 is 17.3 Å².